The van der Waals surface area contributed by atoms with Crippen LogP contribution in [0, 0.1) is 18.3 Å². The van der Waals surface area contributed by atoms with Crippen LogP contribution in [0.15, 0.2) is 64.8 Å². The number of carboxylic acid groups (broad SMARTS) is 1. The van der Waals surface area contributed by atoms with Crippen LogP contribution in [0.4, 0.5) is 10.5 Å². The molecule has 1 aliphatic carbocycles. The van der Waals surface area contributed by atoms with Crippen LogP contribution in [0.2, 0.25) is 5.02 Å². The van der Waals surface area contributed by atoms with Crippen LogP contribution in [-0.4, -0.2) is 51.9 Å². The van der Waals surface area contributed by atoms with E-state index in [2.05, 4.69) is 10.3 Å². The summed E-state index contributed by atoms with van der Waals surface area (Å²) in [6.07, 6.45) is 0.988. The Bertz CT molecular complexity index is 1180. The highest BCUT2D eigenvalue weighted by Gasteiger charge is 2.29. The molecule has 0 saturated heterocycles. The number of hydrogen-bond donors (Lipinski definition) is 5. The van der Waals surface area contributed by atoms with Crippen LogP contribution >= 0.6 is 11.6 Å². The predicted molar refractivity (Wildman–Crippen MR) is 135 cm³/mol. The molecule has 0 heterocycles. The maximum Gasteiger partial charge on any atom is 0.325 e. The first-order valence-electron chi connectivity index (χ1n) is 11.0. The second-order valence-electron chi connectivity index (χ2n) is 8.26. The lowest BCUT2D eigenvalue weighted by molar-refractivity contribution is -0.141. The number of aliphatic hydroxyl groups excluding tert-OH is 1. The van der Waals surface area contributed by atoms with Gasteiger partial charge in [0, 0.05) is 28.4 Å². The number of halogens is 1. The van der Waals surface area contributed by atoms with E-state index in [1.54, 1.807) is 36.4 Å². The van der Waals surface area contributed by atoms with Gasteiger partial charge in [0.2, 0.25) is 0 Å². The molecule has 0 spiro atoms. The van der Waals surface area contributed by atoms with E-state index < -0.39 is 24.6 Å². The molecular formula is C25H28ClN5O4. The molecular weight excluding hydrogens is 470 g/mol. The Labute approximate surface area is 208 Å². The van der Waals surface area contributed by atoms with Gasteiger partial charge in [-0.3, -0.25) is 20.1 Å². The Morgan fingerprint density at radius 1 is 1.26 bits per heavy atom. The molecule has 2 aromatic carbocycles. The van der Waals surface area contributed by atoms with Gasteiger partial charge in [0.15, 0.2) is 0 Å². The third kappa shape index (κ3) is 6.68. The smallest absolute Gasteiger partial charge is 0.325 e. The van der Waals surface area contributed by atoms with Gasteiger partial charge >= 0.3 is 12.0 Å². The molecule has 2 amide bonds. The molecule has 1 aliphatic rings. The maximum atomic E-state index is 12.7. The highest BCUT2D eigenvalue weighted by molar-refractivity contribution is 6.30. The fourth-order valence-electron chi connectivity index (χ4n) is 3.77. The summed E-state index contributed by atoms with van der Waals surface area (Å²) in [5.74, 6) is -1.64. The van der Waals surface area contributed by atoms with Crippen LogP contribution in [0.1, 0.15) is 30.4 Å². The molecule has 1 saturated carbocycles. The van der Waals surface area contributed by atoms with E-state index >= 15 is 0 Å². The van der Waals surface area contributed by atoms with E-state index in [1.807, 2.05) is 19.1 Å². The van der Waals surface area contributed by atoms with Crippen molar-refractivity contribution in [1.82, 2.24) is 10.2 Å². The summed E-state index contributed by atoms with van der Waals surface area (Å²) < 4.78 is 0. The summed E-state index contributed by atoms with van der Waals surface area (Å²) in [7, 11) is 0. The lowest BCUT2D eigenvalue weighted by Crippen LogP contribution is -2.45. The number of aryl methyl sites for hydroxylation is 1. The molecule has 2 aromatic rings. The quantitative estimate of drug-likeness (QED) is 0.233. The summed E-state index contributed by atoms with van der Waals surface area (Å²) in [6.45, 7) is 1.17. The number of carbonyl (C=O) groups is 2. The topological polar surface area (TPSA) is 152 Å². The largest absolute Gasteiger partial charge is 0.481 e. The molecule has 35 heavy (non-hydrogen) atoms. The van der Waals surface area contributed by atoms with Crippen molar-refractivity contribution in [3.8, 4) is 0 Å². The van der Waals surface area contributed by atoms with Crippen LogP contribution in [0.3, 0.4) is 0 Å². The SMILES string of the molecule is Cc1ccc(C(=N)N(CO)C(=O)NC/C(N)=C2\CCC(C(=O)O)CC2=Nc2cccc(Cl)c2)cc1. The van der Waals surface area contributed by atoms with Crippen molar-refractivity contribution in [2.24, 2.45) is 16.6 Å². The van der Waals surface area contributed by atoms with Crippen molar-refractivity contribution in [2.45, 2.75) is 26.2 Å². The minimum Gasteiger partial charge on any atom is -0.481 e. The maximum absolute atomic E-state index is 12.7. The zero-order chi connectivity index (χ0) is 25.5. The molecule has 6 N–H and O–H groups in total. The van der Waals surface area contributed by atoms with Gasteiger partial charge in [-0.05, 0) is 43.5 Å². The van der Waals surface area contributed by atoms with Crippen LogP contribution in [0.5, 0.6) is 0 Å². The minimum atomic E-state index is -0.900. The van der Waals surface area contributed by atoms with Crippen molar-refractivity contribution in [3.05, 3.63) is 76.0 Å². The second-order valence-corrected chi connectivity index (χ2v) is 8.70. The van der Waals surface area contributed by atoms with Crippen LogP contribution < -0.4 is 11.1 Å². The summed E-state index contributed by atoms with van der Waals surface area (Å²) in [6, 6.07) is 13.2. The van der Waals surface area contributed by atoms with Gasteiger partial charge in [-0.2, -0.15) is 0 Å². The van der Waals surface area contributed by atoms with Crippen molar-refractivity contribution < 1.29 is 19.8 Å². The van der Waals surface area contributed by atoms with E-state index in [9.17, 15) is 19.8 Å². The number of nitrogens with zero attached hydrogens (tertiary/aromatic N) is 2. The van der Waals surface area contributed by atoms with E-state index in [0.29, 0.717) is 46.1 Å². The third-order valence-corrected chi connectivity index (χ3v) is 5.99. The molecule has 0 aromatic heterocycles. The number of nitrogens with two attached hydrogens (primary N) is 1. The lowest BCUT2D eigenvalue weighted by Gasteiger charge is -2.25. The molecule has 1 fully saturated rings. The highest BCUT2D eigenvalue weighted by Crippen LogP contribution is 2.30. The monoisotopic (exact) mass is 497 g/mol. The number of aliphatic imine (C=N–C) groups is 1. The standard InChI is InChI=1S/C25H28ClN5O4/c1-15-5-7-16(8-6-15)23(28)31(14-32)25(35)29-13-21(27)20-10-9-17(24(33)34)11-22(20)30-19-4-2-3-18(26)12-19/h2-8,12,17,28,32H,9-11,13-14,27H2,1H3,(H,29,35)(H,33,34)/b21-20-,28-23?,30-22?. The third-order valence-electron chi connectivity index (χ3n) is 5.75. The molecule has 1 atom stereocenters. The zero-order valence-corrected chi connectivity index (χ0v) is 20.0. The number of aliphatic hydroxyl groups is 1. The van der Waals surface area contributed by atoms with E-state index in [4.69, 9.17) is 22.7 Å². The summed E-state index contributed by atoms with van der Waals surface area (Å²) in [5.41, 5.74) is 9.92. The number of hydrogen-bond acceptors (Lipinski definition) is 6. The molecule has 0 radical (unpaired) electrons. The number of benzene rings is 2. The van der Waals surface area contributed by atoms with E-state index in [-0.39, 0.29) is 18.8 Å². The number of carbonyl (C=O) groups excluding carboxylic acids is 1. The first-order valence-corrected chi connectivity index (χ1v) is 11.4. The van der Waals surface area contributed by atoms with Gasteiger partial charge in [0.25, 0.3) is 0 Å². The van der Waals surface area contributed by atoms with Crippen molar-refractivity contribution in [1.29, 1.82) is 5.41 Å². The number of urea groups is 1. The van der Waals surface area contributed by atoms with Gasteiger partial charge in [-0.1, -0.05) is 47.5 Å². The molecule has 0 bridgehead atoms. The first-order chi connectivity index (χ1) is 16.7. The normalized spacial score (nSPS) is 18.1. The van der Waals surface area contributed by atoms with E-state index in [1.165, 1.54) is 0 Å². The Morgan fingerprint density at radius 2 is 1.97 bits per heavy atom. The van der Waals surface area contributed by atoms with Gasteiger partial charge in [-0.15, -0.1) is 0 Å². The number of rotatable bonds is 6. The fourth-order valence-corrected chi connectivity index (χ4v) is 3.95. The Kier molecular flexibility index (Phi) is 8.62. The van der Waals surface area contributed by atoms with Crippen molar-refractivity contribution in [3.63, 3.8) is 0 Å². The molecule has 10 heteroatoms. The number of amides is 2. The van der Waals surface area contributed by atoms with Gasteiger partial charge in [0.1, 0.15) is 12.6 Å². The average Bonchev–Trinajstić information content (AvgIpc) is 2.83. The number of nitrogens with one attached hydrogen (secondary N) is 2. The number of aliphatic carboxylic acids is 1. The number of carboxylic acids is 1. The second kappa shape index (κ2) is 11.6. The summed E-state index contributed by atoms with van der Waals surface area (Å²) in [5, 5.41) is 30.6. The Balaban J connectivity index is 1.78. The lowest BCUT2D eigenvalue weighted by atomic mass is 9.83. The Morgan fingerprint density at radius 3 is 2.60 bits per heavy atom. The fraction of sp³-hybridized carbons (Fsp3) is 0.280. The number of allylic oxidation sites excluding steroid dienone is 1. The van der Waals surface area contributed by atoms with Crippen molar-refractivity contribution >= 4 is 40.8 Å². The molecule has 1 unspecified atom stereocenters. The van der Waals surface area contributed by atoms with Gasteiger partial charge < -0.3 is 21.3 Å². The van der Waals surface area contributed by atoms with Crippen LogP contribution in [-0.2, 0) is 4.79 Å². The van der Waals surface area contributed by atoms with Crippen molar-refractivity contribution in [2.75, 3.05) is 13.3 Å². The average molecular weight is 498 g/mol. The van der Waals surface area contributed by atoms with E-state index in [0.717, 1.165) is 10.5 Å². The van der Waals surface area contributed by atoms with Gasteiger partial charge in [-0.25, -0.2) is 4.79 Å². The summed E-state index contributed by atoms with van der Waals surface area (Å²) >= 11 is 6.06. The summed E-state index contributed by atoms with van der Waals surface area (Å²) in [4.78, 5) is 29.8. The first kappa shape index (κ1) is 25.9. The predicted octanol–water partition coefficient (Wildman–Crippen LogP) is 3.81. The highest BCUT2D eigenvalue weighted by atomic mass is 35.5. The number of amidine groups is 1. The molecule has 0 aliphatic heterocycles. The molecule has 184 valence electrons. The zero-order valence-electron chi connectivity index (χ0n) is 19.3. The molecule has 3 rings (SSSR count). The van der Waals surface area contributed by atoms with Crippen LogP contribution in [0.25, 0.3) is 0 Å². The minimum absolute atomic E-state index is 0.0574. The van der Waals surface area contributed by atoms with Gasteiger partial charge in [0.05, 0.1) is 18.2 Å². The Hall–Kier alpha value is -3.69. The molecule has 9 nitrogen and oxygen atoms in total.